The summed E-state index contributed by atoms with van der Waals surface area (Å²) in [5.41, 5.74) is 3.56. The van der Waals surface area contributed by atoms with Crippen LogP contribution in [0.4, 0.5) is 5.13 Å². The Balaban J connectivity index is 1.41. The molecule has 4 rings (SSSR count). The van der Waals surface area contributed by atoms with Gasteiger partial charge in [-0.3, -0.25) is 10.1 Å². The van der Waals surface area contributed by atoms with Gasteiger partial charge in [-0.05, 0) is 17.0 Å². The molecule has 0 saturated carbocycles. The highest BCUT2D eigenvalue weighted by Gasteiger charge is 2.15. The van der Waals surface area contributed by atoms with Gasteiger partial charge in [-0.25, -0.2) is 4.68 Å². The molecule has 0 aliphatic heterocycles. The molecule has 0 spiro atoms. The molecule has 8 heteroatoms. The van der Waals surface area contributed by atoms with Crippen LogP contribution < -0.4 is 5.32 Å². The topological polar surface area (TPSA) is 85.6 Å². The maximum Gasteiger partial charge on any atom is 0.279 e. The number of nitrogens with zero attached hydrogens (tertiary/aromatic N) is 5. The van der Waals surface area contributed by atoms with E-state index in [1.165, 1.54) is 16.9 Å². The van der Waals surface area contributed by atoms with Gasteiger partial charge in [0.05, 0.1) is 12.7 Å². The third kappa shape index (κ3) is 4.55. The second kappa shape index (κ2) is 8.32. The monoisotopic (exact) mass is 404 g/mol. The van der Waals surface area contributed by atoms with E-state index in [2.05, 4.69) is 51.8 Å². The zero-order valence-corrected chi connectivity index (χ0v) is 16.9. The molecule has 29 heavy (non-hydrogen) atoms. The summed E-state index contributed by atoms with van der Waals surface area (Å²) in [4.78, 5) is 12.5. The van der Waals surface area contributed by atoms with E-state index in [1.54, 1.807) is 10.9 Å². The molecule has 146 valence electrons. The summed E-state index contributed by atoms with van der Waals surface area (Å²) >= 11 is 1.32. The van der Waals surface area contributed by atoms with Crippen LogP contribution in [0.15, 0.2) is 60.8 Å². The van der Waals surface area contributed by atoms with Crippen molar-refractivity contribution < 1.29 is 4.79 Å². The van der Waals surface area contributed by atoms with E-state index >= 15 is 0 Å². The second-order valence-electron chi connectivity index (χ2n) is 6.93. The van der Waals surface area contributed by atoms with Crippen molar-refractivity contribution in [2.45, 2.75) is 26.3 Å². The van der Waals surface area contributed by atoms with Gasteiger partial charge in [0.25, 0.3) is 5.91 Å². The Morgan fingerprint density at radius 1 is 1.03 bits per heavy atom. The first-order valence-electron chi connectivity index (χ1n) is 9.28. The number of anilines is 1. The summed E-state index contributed by atoms with van der Waals surface area (Å²) in [6.07, 6.45) is 1.62. The Morgan fingerprint density at radius 2 is 1.79 bits per heavy atom. The highest BCUT2D eigenvalue weighted by Crippen LogP contribution is 2.27. The minimum absolute atomic E-state index is 0.235. The molecule has 0 aliphatic carbocycles. The number of carbonyl (C=O) groups is 1. The van der Waals surface area contributed by atoms with Gasteiger partial charge < -0.3 is 0 Å². The minimum Gasteiger partial charge on any atom is -0.295 e. The lowest BCUT2D eigenvalue weighted by molar-refractivity contribution is 0.102. The zero-order chi connectivity index (χ0) is 20.2. The van der Waals surface area contributed by atoms with Crippen LogP contribution >= 0.6 is 11.3 Å². The Kier molecular flexibility index (Phi) is 5.44. The maximum atomic E-state index is 12.5. The summed E-state index contributed by atoms with van der Waals surface area (Å²) in [6, 6.07) is 18.1. The normalized spacial score (nSPS) is 11.0. The largest absolute Gasteiger partial charge is 0.295 e. The van der Waals surface area contributed by atoms with Gasteiger partial charge >= 0.3 is 0 Å². The van der Waals surface area contributed by atoms with Crippen LogP contribution in [0.25, 0.3) is 10.6 Å². The van der Waals surface area contributed by atoms with Crippen molar-refractivity contribution in [1.82, 2.24) is 25.2 Å². The predicted octanol–water partition coefficient (Wildman–Crippen LogP) is 4.22. The number of rotatable bonds is 6. The van der Waals surface area contributed by atoms with Gasteiger partial charge in [0.15, 0.2) is 5.69 Å². The third-order valence-corrected chi connectivity index (χ3v) is 5.32. The first-order valence-corrected chi connectivity index (χ1v) is 10.1. The molecule has 2 aromatic carbocycles. The van der Waals surface area contributed by atoms with E-state index in [1.807, 2.05) is 42.5 Å². The van der Waals surface area contributed by atoms with Gasteiger partial charge in [0.2, 0.25) is 5.13 Å². The van der Waals surface area contributed by atoms with Crippen LogP contribution in [-0.4, -0.2) is 31.1 Å². The van der Waals surface area contributed by atoms with Gasteiger partial charge in [0, 0.05) is 5.56 Å². The molecule has 0 aliphatic rings. The molecule has 0 unspecified atom stereocenters. The van der Waals surface area contributed by atoms with Crippen LogP contribution in [0, 0.1) is 0 Å². The minimum atomic E-state index is -0.359. The van der Waals surface area contributed by atoms with E-state index in [-0.39, 0.29) is 11.6 Å². The molecule has 0 fully saturated rings. The molecular weight excluding hydrogens is 384 g/mol. The van der Waals surface area contributed by atoms with Gasteiger partial charge in [-0.1, -0.05) is 85.0 Å². The van der Waals surface area contributed by atoms with E-state index in [4.69, 9.17) is 0 Å². The average molecular weight is 404 g/mol. The summed E-state index contributed by atoms with van der Waals surface area (Å²) in [6.45, 7) is 4.86. The van der Waals surface area contributed by atoms with E-state index in [9.17, 15) is 4.79 Å². The van der Waals surface area contributed by atoms with Crippen molar-refractivity contribution in [1.29, 1.82) is 0 Å². The highest BCUT2D eigenvalue weighted by molar-refractivity contribution is 7.18. The van der Waals surface area contributed by atoms with Crippen LogP contribution in [0.3, 0.4) is 0 Å². The Bertz CT molecular complexity index is 1100. The SMILES string of the molecule is CC(C)c1ccc(-c2nnc(NC(=O)c3cn(Cc4ccccc4)nn3)s2)cc1. The molecule has 2 aromatic heterocycles. The molecule has 1 N–H and O–H groups in total. The summed E-state index contributed by atoms with van der Waals surface area (Å²) in [7, 11) is 0. The molecule has 0 saturated heterocycles. The third-order valence-electron chi connectivity index (χ3n) is 4.43. The van der Waals surface area contributed by atoms with E-state index in [0.29, 0.717) is 17.6 Å². The number of nitrogens with one attached hydrogen (secondary N) is 1. The summed E-state index contributed by atoms with van der Waals surface area (Å²) < 4.78 is 1.63. The lowest BCUT2D eigenvalue weighted by atomic mass is 10.0. The quantitative estimate of drug-likeness (QED) is 0.520. The molecule has 2 heterocycles. The molecule has 0 radical (unpaired) electrons. The number of aromatic nitrogens is 5. The zero-order valence-electron chi connectivity index (χ0n) is 16.1. The van der Waals surface area contributed by atoms with Crippen molar-refractivity contribution in [3.8, 4) is 10.6 Å². The first-order chi connectivity index (χ1) is 14.1. The molecular formula is C21H20N6OS. The number of carbonyl (C=O) groups excluding carboxylic acids is 1. The second-order valence-corrected chi connectivity index (χ2v) is 7.91. The van der Waals surface area contributed by atoms with E-state index in [0.717, 1.165) is 16.1 Å². The lowest BCUT2D eigenvalue weighted by Gasteiger charge is -2.04. The summed E-state index contributed by atoms with van der Waals surface area (Å²) in [5, 5.41) is 20.2. The van der Waals surface area contributed by atoms with Crippen molar-refractivity contribution in [3.63, 3.8) is 0 Å². The first kappa shape index (κ1) is 18.9. The lowest BCUT2D eigenvalue weighted by Crippen LogP contribution is -2.12. The van der Waals surface area contributed by atoms with Crippen LogP contribution in [0.1, 0.15) is 41.4 Å². The van der Waals surface area contributed by atoms with Crippen LogP contribution in [0.5, 0.6) is 0 Å². The van der Waals surface area contributed by atoms with Crippen molar-refractivity contribution >= 4 is 22.4 Å². The molecule has 7 nitrogen and oxygen atoms in total. The smallest absolute Gasteiger partial charge is 0.279 e. The Morgan fingerprint density at radius 3 is 2.52 bits per heavy atom. The molecule has 4 aromatic rings. The fourth-order valence-corrected chi connectivity index (χ4v) is 3.56. The summed E-state index contributed by atoms with van der Waals surface area (Å²) in [5.74, 6) is 0.116. The standard InChI is InChI=1S/C21H20N6OS/c1-14(2)16-8-10-17(11-9-16)20-24-25-21(29-20)22-19(28)18-13-27(26-23-18)12-15-6-4-3-5-7-15/h3-11,13-14H,12H2,1-2H3,(H,22,25,28). The Labute approximate surface area is 172 Å². The Hall–Kier alpha value is -3.39. The molecule has 1 amide bonds. The van der Waals surface area contributed by atoms with Gasteiger partial charge in [-0.2, -0.15) is 0 Å². The molecule has 0 atom stereocenters. The van der Waals surface area contributed by atoms with Crippen LogP contribution in [-0.2, 0) is 6.54 Å². The number of benzene rings is 2. The number of amides is 1. The molecule has 0 bridgehead atoms. The van der Waals surface area contributed by atoms with Crippen molar-refractivity contribution in [3.05, 3.63) is 77.6 Å². The fraction of sp³-hybridized carbons (Fsp3) is 0.190. The van der Waals surface area contributed by atoms with Crippen molar-refractivity contribution in [2.24, 2.45) is 0 Å². The van der Waals surface area contributed by atoms with E-state index < -0.39 is 0 Å². The highest BCUT2D eigenvalue weighted by atomic mass is 32.1. The number of hydrogen-bond acceptors (Lipinski definition) is 6. The van der Waals surface area contributed by atoms with Gasteiger partial charge in [0.1, 0.15) is 5.01 Å². The fourth-order valence-electron chi connectivity index (χ4n) is 2.81. The van der Waals surface area contributed by atoms with Gasteiger partial charge in [-0.15, -0.1) is 15.3 Å². The van der Waals surface area contributed by atoms with Crippen molar-refractivity contribution in [2.75, 3.05) is 5.32 Å². The predicted molar refractivity (Wildman–Crippen MR) is 113 cm³/mol. The van der Waals surface area contributed by atoms with Crippen LogP contribution in [0.2, 0.25) is 0 Å². The maximum absolute atomic E-state index is 12.5. The number of hydrogen-bond donors (Lipinski definition) is 1. The average Bonchev–Trinajstić information content (AvgIpc) is 3.39.